The molecular weight excluding hydrogens is 310 g/mol. The molecule has 128 valence electrons. The fourth-order valence-electron chi connectivity index (χ4n) is 2.83. The zero-order chi connectivity index (χ0) is 18.0. The molecule has 0 unspecified atom stereocenters. The molecule has 0 aliphatic carbocycles. The van der Waals surface area contributed by atoms with Crippen molar-refractivity contribution in [3.05, 3.63) is 65.9 Å². The average Bonchev–Trinajstić information content (AvgIpc) is 2.93. The van der Waals surface area contributed by atoms with Crippen molar-refractivity contribution in [2.75, 3.05) is 5.32 Å². The van der Waals surface area contributed by atoms with Gasteiger partial charge in [-0.3, -0.25) is 4.79 Å². The van der Waals surface area contributed by atoms with E-state index >= 15 is 0 Å². The maximum Gasteiger partial charge on any atom is 0.249 e. The zero-order valence-corrected chi connectivity index (χ0v) is 15.1. The van der Waals surface area contributed by atoms with Crippen molar-refractivity contribution in [2.45, 2.75) is 33.2 Å². The molecule has 3 aromatic rings. The Morgan fingerprint density at radius 3 is 2.60 bits per heavy atom. The summed E-state index contributed by atoms with van der Waals surface area (Å²) in [6.07, 6.45) is 3.42. The van der Waals surface area contributed by atoms with Crippen LogP contribution in [0.5, 0.6) is 0 Å². The Kier molecular flexibility index (Phi) is 4.45. The van der Waals surface area contributed by atoms with Gasteiger partial charge in [-0.2, -0.15) is 5.10 Å². The van der Waals surface area contributed by atoms with Gasteiger partial charge in [0.15, 0.2) is 0 Å². The Morgan fingerprint density at radius 1 is 1.12 bits per heavy atom. The number of anilines is 1. The van der Waals surface area contributed by atoms with Crippen LogP contribution in [0.25, 0.3) is 16.8 Å². The number of carbonyl (C=O) groups is 1. The molecule has 4 heteroatoms. The Bertz CT molecular complexity index is 940. The Morgan fingerprint density at radius 2 is 1.84 bits per heavy atom. The minimum Gasteiger partial charge on any atom is -0.307 e. The van der Waals surface area contributed by atoms with Crippen LogP contribution in [0.2, 0.25) is 0 Å². The number of nitrogens with zero attached hydrogens (tertiary/aromatic N) is 2. The molecular formula is C21H23N3O. The quantitative estimate of drug-likeness (QED) is 0.703. The van der Waals surface area contributed by atoms with E-state index in [4.69, 9.17) is 0 Å². The summed E-state index contributed by atoms with van der Waals surface area (Å²) in [4.78, 5) is 12.4. The maximum atomic E-state index is 12.4. The van der Waals surface area contributed by atoms with Crippen molar-refractivity contribution in [1.29, 1.82) is 0 Å². The van der Waals surface area contributed by atoms with E-state index in [0.29, 0.717) is 5.82 Å². The molecule has 0 saturated heterocycles. The number of fused-ring (bicyclic) bond motifs is 1. The van der Waals surface area contributed by atoms with Crippen LogP contribution in [0.15, 0.2) is 54.6 Å². The molecule has 0 saturated carbocycles. The van der Waals surface area contributed by atoms with E-state index in [-0.39, 0.29) is 11.4 Å². The van der Waals surface area contributed by atoms with Crippen LogP contribution < -0.4 is 5.32 Å². The first-order chi connectivity index (χ1) is 11.8. The fraction of sp³-hybridized carbons (Fsp3) is 0.238. The minimum atomic E-state index is -0.198. The second-order valence-electron chi connectivity index (χ2n) is 7.14. The normalized spacial score (nSPS) is 12.0. The number of aromatic nitrogens is 2. The summed E-state index contributed by atoms with van der Waals surface area (Å²) in [6.45, 7) is 8.09. The van der Waals surface area contributed by atoms with Crippen LogP contribution in [0, 0.1) is 6.92 Å². The Labute approximate surface area is 148 Å². The van der Waals surface area contributed by atoms with Gasteiger partial charge in [-0.25, -0.2) is 4.68 Å². The molecule has 0 aliphatic rings. The molecule has 0 spiro atoms. The summed E-state index contributed by atoms with van der Waals surface area (Å²) < 4.78 is 1.84. The van der Waals surface area contributed by atoms with Crippen molar-refractivity contribution < 1.29 is 4.79 Å². The van der Waals surface area contributed by atoms with Crippen LogP contribution in [-0.4, -0.2) is 15.7 Å². The van der Waals surface area contributed by atoms with Crippen LogP contribution in [0.1, 0.15) is 32.0 Å². The largest absolute Gasteiger partial charge is 0.307 e. The number of nitrogens with one attached hydrogen (secondary N) is 1. The lowest BCUT2D eigenvalue weighted by Crippen LogP contribution is -2.26. The van der Waals surface area contributed by atoms with Crippen molar-refractivity contribution in [3.63, 3.8) is 0 Å². The summed E-state index contributed by atoms with van der Waals surface area (Å²) in [5.74, 6) is 0.538. The first-order valence-corrected chi connectivity index (χ1v) is 8.38. The van der Waals surface area contributed by atoms with E-state index < -0.39 is 0 Å². The molecule has 1 aromatic heterocycles. The first kappa shape index (κ1) is 17.0. The first-order valence-electron chi connectivity index (χ1n) is 8.38. The zero-order valence-electron chi connectivity index (χ0n) is 15.1. The molecule has 0 atom stereocenters. The molecule has 4 nitrogen and oxygen atoms in total. The highest BCUT2D eigenvalue weighted by atomic mass is 16.1. The number of amides is 1. The van der Waals surface area contributed by atoms with Gasteiger partial charge in [0.05, 0.1) is 11.2 Å². The molecule has 25 heavy (non-hydrogen) atoms. The number of carbonyl (C=O) groups excluding carboxylic acids is 1. The molecule has 0 radical (unpaired) electrons. The molecule has 2 aromatic carbocycles. The van der Waals surface area contributed by atoms with Gasteiger partial charge in [-0.05, 0) is 50.1 Å². The smallest absolute Gasteiger partial charge is 0.249 e. The van der Waals surface area contributed by atoms with Gasteiger partial charge in [-0.1, -0.05) is 42.5 Å². The van der Waals surface area contributed by atoms with Crippen LogP contribution in [0.4, 0.5) is 5.82 Å². The number of hydrogen-bond acceptors (Lipinski definition) is 2. The van der Waals surface area contributed by atoms with E-state index in [9.17, 15) is 4.79 Å². The van der Waals surface area contributed by atoms with Gasteiger partial charge < -0.3 is 5.32 Å². The van der Waals surface area contributed by atoms with Gasteiger partial charge in [-0.15, -0.1) is 0 Å². The van der Waals surface area contributed by atoms with Crippen LogP contribution in [0.3, 0.4) is 0 Å². The van der Waals surface area contributed by atoms with E-state index in [1.165, 1.54) is 0 Å². The van der Waals surface area contributed by atoms with Gasteiger partial charge >= 0.3 is 0 Å². The molecule has 0 aliphatic heterocycles. The summed E-state index contributed by atoms with van der Waals surface area (Å²) in [6, 6.07) is 16.1. The van der Waals surface area contributed by atoms with E-state index in [0.717, 1.165) is 22.0 Å². The van der Waals surface area contributed by atoms with Crippen LogP contribution >= 0.6 is 0 Å². The molecule has 1 heterocycles. The number of benzene rings is 2. The molecule has 1 N–H and O–H groups in total. The van der Waals surface area contributed by atoms with Gasteiger partial charge in [0.2, 0.25) is 5.91 Å². The fourth-order valence-corrected chi connectivity index (χ4v) is 2.83. The number of hydrogen-bond donors (Lipinski definition) is 1. The van der Waals surface area contributed by atoms with Crippen molar-refractivity contribution in [3.8, 4) is 0 Å². The lowest BCUT2D eigenvalue weighted by molar-refractivity contribution is -0.111. The molecule has 0 fully saturated rings. The predicted octanol–water partition coefficient (Wildman–Crippen LogP) is 4.75. The highest BCUT2D eigenvalue weighted by Crippen LogP contribution is 2.22. The third kappa shape index (κ3) is 3.79. The third-order valence-corrected chi connectivity index (χ3v) is 3.96. The Hall–Kier alpha value is -2.88. The average molecular weight is 333 g/mol. The Balaban J connectivity index is 1.82. The SMILES string of the molecule is Cc1cc(NC(=O)/C=C/c2cccc3ccccc23)n(C(C)(C)C)n1. The van der Waals surface area contributed by atoms with Gasteiger partial charge in [0.1, 0.15) is 5.82 Å². The lowest BCUT2D eigenvalue weighted by atomic mass is 10.0. The van der Waals surface area contributed by atoms with E-state index in [1.807, 2.05) is 48.0 Å². The van der Waals surface area contributed by atoms with E-state index in [1.54, 1.807) is 6.08 Å². The summed E-state index contributed by atoms with van der Waals surface area (Å²) in [5, 5.41) is 9.69. The number of rotatable bonds is 3. The molecule has 3 rings (SSSR count). The highest BCUT2D eigenvalue weighted by molar-refractivity contribution is 6.03. The maximum absolute atomic E-state index is 12.4. The summed E-state index contributed by atoms with van der Waals surface area (Å²) in [5.41, 5.74) is 1.70. The monoisotopic (exact) mass is 333 g/mol. The van der Waals surface area contributed by atoms with Crippen molar-refractivity contribution in [2.24, 2.45) is 0 Å². The predicted molar refractivity (Wildman–Crippen MR) is 104 cm³/mol. The molecule has 1 amide bonds. The van der Waals surface area contributed by atoms with Crippen molar-refractivity contribution >= 4 is 28.6 Å². The molecule has 0 bridgehead atoms. The standard InChI is InChI=1S/C21H23N3O/c1-15-14-19(24(23-15)21(2,3)4)22-20(25)13-12-17-10-7-9-16-8-5-6-11-18(16)17/h5-14H,1-4H3,(H,22,25)/b13-12+. The summed E-state index contributed by atoms with van der Waals surface area (Å²) >= 11 is 0. The lowest BCUT2D eigenvalue weighted by Gasteiger charge is -2.22. The van der Waals surface area contributed by atoms with E-state index in [2.05, 4.69) is 49.4 Å². The second-order valence-corrected chi connectivity index (χ2v) is 7.14. The van der Waals surface area contributed by atoms with Crippen molar-refractivity contribution in [1.82, 2.24) is 9.78 Å². The van der Waals surface area contributed by atoms with Gasteiger partial charge in [0, 0.05) is 12.1 Å². The second kappa shape index (κ2) is 6.55. The van der Waals surface area contributed by atoms with Gasteiger partial charge in [0.25, 0.3) is 0 Å². The topological polar surface area (TPSA) is 46.9 Å². The van der Waals surface area contributed by atoms with Crippen LogP contribution in [-0.2, 0) is 10.3 Å². The number of aryl methyl sites for hydroxylation is 1. The third-order valence-electron chi connectivity index (χ3n) is 3.96. The summed E-state index contributed by atoms with van der Waals surface area (Å²) in [7, 11) is 0. The highest BCUT2D eigenvalue weighted by Gasteiger charge is 2.19. The minimum absolute atomic E-state index is 0.168.